The van der Waals surface area contributed by atoms with Crippen molar-refractivity contribution in [2.45, 2.75) is 39.8 Å². The Bertz CT molecular complexity index is 423. The van der Waals surface area contributed by atoms with E-state index in [0.717, 1.165) is 18.1 Å². The first-order valence-electron chi connectivity index (χ1n) is 7.71. The number of hydrogen-bond donors (Lipinski definition) is 2. The fraction of sp³-hybridized carbons (Fsp3) is 0.588. The third kappa shape index (κ3) is 7.45. The Morgan fingerprint density at radius 3 is 2.32 bits per heavy atom. The highest BCUT2D eigenvalue weighted by molar-refractivity contribution is 14.0. The number of halogens is 1. The number of nitrogens with zero attached hydrogens (tertiary/aromatic N) is 1. The summed E-state index contributed by atoms with van der Waals surface area (Å²) in [6.07, 6.45) is -0.0176. The zero-order valence-electron chi connectivity index (χ0n) is 14.3. The molecule has 1 rings (SSSR count). The van der Waals surface area contributed by atoms with E-state index in [1.807, 2.05) is 18.2 Å². The van der Waals surface area contributed by atoms with Gasteiger partial charge in [-0.05, 0) is 25.3 Å². The van der Waals surface area contributed by atoms with Crippen molar-refractivity contribution in [2.24, 2.45) is 10.9 Å². The van der Waals surface area contributed by atoms with Gasteiger partial charge in [-0.15, -0.1) is 24.0 Å². The van der Waals surface area contributed by atoms with E-state index in [2.05, 4.69) is 55.5 Å². The van der Waals surface area contributed by atoms with Gasteiger partial charge in [0.25, 0.3) is 0 Å². The summed E-state index contributed by atoms with van der Waals surface area (Å²) in [5, 5.41) is 6.71. The van der Waals surface area contributed by atoms with Crippen LogP contribution in [0.4, 0.5) is 0 Å². The SMILES string of the molecule is CCNC(=NCC(OC)c1ccccc1)NC(C)C(C)C.I. The van der Waals surface area contributed by atoms with Crippen molar-refractivity contribution < 1.29 is 4.74 Å². The lowest BCUT2D eigenvalue weighted by atomic mass is 10.1. The minimum absolute atomic E-state index is 0. The van der Waals surface area contributed by atoms with Gasteiger partial charge in [-0.3, -0.25) is 4.99 Å². The molecule has 2 N–H and O–H groups in total. The minimum atomic E-state index is -0.0176. The summed E-state index contributed by atoms with van der Waals surface area (Å²) in [5.74, 6) is 1.40. The Labute approximate surface area is 152 Å². The quantitative estimate of drug-likeness (QED) is 0.404. The van der Waals surface area contributed by atoms with Gasteiger partial charge in [0.1, 0.15) is 6.10 Å². The monoisotopic (exact) mass is 419 g/mol. The molecular weight excluding hydrogens is 389 g/mol. The lowest BCUT2D eigenvalue weighted by molar-refractivity contribution is 0.111. The molecule has 126 valence electrons. The van der Waals surface area contributed by atoms with Crippen molar-refractivity contribution in [1.82, 2.24) is 10.6 Å². The molecule has 5 heteroatoms. The minimum Gasteiger partial charge on any atom is -0.375 e. The molecule has 0 bridgehead atoms. The Hall–Kier alpha value is -0.820. The van der Waals surface area contributed by atoms with Crippen LogP contribution in [-0.2, 0) is 4.74 Å². The molecule has 0 aromatic heterocycles. The van der Waals surface area contributed by atoms with Crippen LogP contribution in [0.15, 0.2) is 35.3 Å². The van der Waals surface area contributed by atoms with Crippen LogP contribution in [0, 0.1) is 5.92 Å². The molecule has 0 spiro atoms. The predicted octanol–water partition coefficient (Wildman–Crippen LogP) is 3.59. The first kappa shape index (κ1) is 21.2. The van der Waals surface area contributed by atoms with E-state index >= 15 is 0 Å². The standard InChI is InChI=1S/C17H29N3O.HI/c1-6-18-17(20-14(4)13(2)3)19-12-16(21-5)15-10-8-7-9-11-15;/h7-11,13-14,16H,6,12H2,1-5H3,(H2,18,19,20);1H. The van der Waals surface area contributed by atoms with Crippen molar-refractivity contribution in [3.8, 4) is 0 Å². The van der Waals surface area contributed by atoms with E-state index in [4.69, 9.17) is 4.74 Å². The first-order chi connectivity index (χ1) is 10.1. The Balaban J connectivity index is 0.00000441. The van der Waals surface area contributed by atoms with Gasteiger partial charge in [0.2, 0.25) is 0 Å². The molecule has 2 atom stereocenters. The predicted molar refractivity (Wildman–Crippen MR) is 105 cm³/mol. The van der Waals surface area contributed by atoms with Crippen molar-refractivity contribution >= 4 is 29.9 Å². The van der Waals surface area contributed by atoms with Crippen LogP contribution in [0.3, 0.4) is 0 Å². The molecule has 2 unspecified atom stereocenters. The zero-order valence-corrected chi connectivity index (χ0v) is 16.6. The summed E-state index contributed by atoms with van der Waals surface area (Å²) in [6.45, 7) is 10.1. The van der Waals surface area contributed by atoms with E-state index in [1.54, 1.807) is 7.11 Å². The highest BCUT2D eigenvalue weighted by atomic mass is 127. The number of guanidine groups is 1. The van der Waals surface area contributed by atoms with Crippen LogP contribution < -0.4 is 10.6 Å². The molecule has 0 aliphatic carbocycles. The molecule has 1 aromatic carbocycles. The lowest BCUT2D eigenvalue weighted by Crippen LogP contribution is -2.44. The van der Waals surface area contributed by atoms with Crippen LogP contribution in [0.2, 0.25) is 0 Å². The van der Waals surface area contributed by atoms with Crippen molar-refractivity contribution in [3.63, 3.8) is 0 Å². The van der Waals surface area contributed by atoms with Crippen molar-refractivity contribution in [3.05, 3.63) is 35.9 Å². The second-order valence-corrected chi connectivity index (χ2v) is 5.53. The second-order valence-electron chi connectivity index (χ2n) is 5.53. The summed E-state index contributed by atoms with van der Waals surface area (Å²) in [4.78, 5) is 4.65. The fourth-order valence-corrected chi connectivity index (χ4v) is 1.86. The van der Waals surface area contributed by atoms with Gasteiger partial charge in [0, 0.05) is 19.7 Å². The maximum absolute atomic E-state index is 5.55. The molecule has 0 heterocycles. The molecule has 0 saturated carbocycles. The molecule has 0 aliphatic rings. The molecule has 0 saturated heterocycles. The highest BCUT2D eigenvalue weighted by Crippen LogP contribution is 2.16. The smallest absolute Gasteiger partial charge is 0.191 e. The fourth-order valence-electron chi connectivity index (χ4n) is 1.86. The molecule has 0 amide bonds. The maximum atomic E-state index is 5.55. The number of benzene rings is 1. The molecule has 0 radical (unpaired) electrons. The average molecular weight is 419 g/mol. The molecule has 4 nitrogen and oxygen atoms in total. The zero-order chi connectivity index (χ0) is 15.7. The summed E-state index contributed by atoms with van der Waals surface area (Å²) >= 11 is 0. The van der Waals surface area contributed by atoms with Crippen LogP contribution >= 0.6 is 24.0 Å². The van der Waals surface area contributed by atoms with Crippen LogP contribution in [0.1, 0.15) is 39.4 Å². The summed E-state index contributed by atoms with van der Waals surface area (Å²) < 4.78 is 5.55. The number of ether oxygens (including phenoxy) is 1. The Kier molecular flexibility index (Phi) is 11.3. The third-order valence-electron chi connectivity index (χ3n) is 3.58. The van der Waals surface area contributed by atoms with Gasteiger partial charge in [-0.2, -0.15) is 0 Å². The van der Waals surface area contributed by atoms with Crippen LogP contribution in [0.25, 0.3) is 0 Å². The largest absolute Gasteiger partial charge is 0.375 e. The summed E-state index contributed by atoms with van der Waals surface area (Å²) in [6, 6.07) is 10.6. The van der Waals surface area contributed by atoms with E-state index in [-0.39, 0.29) is 30.1 Å². The highest BCUT2D eigenvalue weighted by Gasteiger charge is 2.12. The van der Waals surface area contributed by atoms with E-state index in [9.17, 15) is 0 Å². The summed E-state index contributed by atoms with van der Waals surface area (Å²) in [5.41, 5.74) is 1.15. The number of nitrogens with one attached hydrogen (secondary N) is 2. The molecule has 22 heavy (non-hydrogen) atoms. The normalized spacial score (nSPS) is 14.2. The van der Waals surface area contributed by atoms with E-state index in [0.29, 0.717) is 18.5 Å². The number of aliphatic imine (C=N–C) groups is 1. The van der Waals surface area contributed by atoms with Crippen LogP contribution in [0.5, 0.6) is 0 Å². The van der Waals surface area contributed by atoms with E-state index in [1.165, 1.54) is 0 Å². The number of rotatable bonds is 7. The topological polar surface area (TPSA) is 45.7 Å². The summed E-state index contributed by atoms with van der Waals surface area (Å²) in [7, 11) is 1.73. The van der Waals surface area contributed by atoms with Crippen molar-refractivity contribution in [1.29, 1.82) is 0 Å². The lowest BCUT2D eigenvalue weighted by Gasteiger charge is -2.21. The number of hydrogen-bond acceptors (Lipinski definition) is 2. The van der Waals surface area contributed by atoms with Gasteiger partial charge in [-0.25, -0.2) is 0 Å². The van der Waals surface area contributed by atoms with Gasteiger partial charge < -0.3 is 15.4 Å². The first-order valence-corrected chi connectivity index (χ1v) is 7.71. The van der Waals surface area contributed by atoms with E-state index < -0.39 is 0 Å². The van der Waals surface area contributed by atoms with Gasteiger partial charge in [-0.1, -0.05) is 44.2 Å². The third-order valence-corrected chi connectivity index (χ3v) is 3.58. The van der Waals surface area contributed by atoms with Gasteiger partial charge in [0.15, 0.2) is 5.96 Å². The van der Waals surface area contributed by atoms with Crippen LogP contribution in [-0.4, -0.2) is 32.2 Å². The Morgan fingerprint density at radius 1 is 1.18 bits per heavy atom. The van der Waals surface area contributed by atoms with Crippen molar-refractivity contribution in [2.75, 3.05) is 20.2 Å². The maximum Gasteiger partial charge on any atom is 0.191 e. The van der Waals surface area contributed by atoms with Gasteiger partial charge in [0.05, 0.1) is 6.54 Å². The Morgan fingerprint density at radius 2 is 1.82 bits per heavy atom. The van der Waals surface area contributed by atoms with Gasteiger partial charge >= 0.3 is 0 Å². The molecule has 1 aromatic rings. The average Bonchev–Trinajstić information content (AvgIpc) is 2.48. The molecule has 0 fully saturated rings. The second kappa shape index (κ2) is 11.7. The number of methoxy groups -OCH3 is 1. The molecular formula is C17H30IN3O. The molecule has 0 aliphatic heterocycles.